The fourth-order valence-corrected chi connectivity index (χ4v) is 4.37. The maximum Gasteiger partial charge on any atom is 0.227 e. The molecule has 1 heterocycles. The third-order valence-electron chi connectivity index (χ3n) is 5.77. The van der Waals surface area contributed by atoms with Crippen LogP contribution in [0.25, 0.3) is 0 Å². The van der Waals surface area contributed by atoms with Crippen molar-refractivity contribution in [2.75, 3.05) is 5.32 Å². The standard InChI is InChI=1S/C22H20N4O/c1-3-22-11-16(12-23)19(27)14(2)18(22)10-9-15-13-24-21(26-20(15)22)25-17-7-5-4-6-8-17/h3-8,11,13-14,18H,1,9-10H2,2H3,(H,24,25,26)/t14-,18-,22-/m0/s1. The number of carbonyl (C=O) groups excluding carboxylic acids is 1. The number of rotatable bonds is 3. The smallest absolute Gasteiger partial charge is 0.227 e. The number of para-hydroxylation sites is 1. The van der Waals surface area contributed by atoms with Gasteiger partial charge in [0, 0.05) is 17.8 Å². The molecule has 4 rings (SSSR count). The van der Waals surface area contributed by atoms with E-state index < -0.39 is 5.41 Å². The van der Waals surface area contributed by atoms with Gasteiger partial charge in [-0.1, -0.05) is 31.2 Å². The summed E-state index contributed by atoms with van der Waals surface area (Å²) in [6, 6.07) is 11.8. The van der Waals surface area contributed by atoms with Gasteiger partial charge in [-0.05, 0) is 42.5 Å². The Bertz CT molecular complexity index is 989. The average Bonchev–Trinajstić information content (AvgIpc) is 2.71. The number of nitriles is 1. The van der Waals surface area contributed by atoms with Crippen molar-refractivity contribution in [1.82, 2.24) is 9.97 Å². The van der Waals surface area contributed by atoms with E-state index in [1.54, 1.807) is 6.08 Å². The van der Waals surface area contributed by atoms with Crippen LogP contribution in [0.15, 0.2) is 60.8 Å². The Morgan fingerprint density at radius 2 is 2.15 bits per heavy atom. The van der Waals surface area contributed by atoms with E-state index >= 15 is 0 Å². The number of carbonyl (C=O) groups is 1. The number of aryl methyl sites for hydroxylation is 1. The van der Waals surface area contributed by atoms with Crippen LogP contribution >= 0.6 is 0 Å². The molecule has 0 fully saturated rings. The van der Waals surface area contributed by atoms with Gasteiger partial charge in [-0.15, -0.1) is 6.58 Å². The molecule has 5 heteroatoms. The minimum atomic E-state index is -0.623. The maximum absolute atomic E-state index is 12.5. The van der Waals surface area contributed by atoms with E-state index in [2.05, 4.69) is 22.9 Å². The molecule has 5 nitrogen and oxygen atoms in total. The summed E-state index contributed by atoms with van der Waals surface area (Å²) in [6.07, 6.45) is 7.11. The Morgan fingerprint density at radius 1 is 1.37 bits per heavy atom. The topological polar surface area (TPSA) is 78.7 Å². The summed E-state index contributed by atoms with van der Waals surface area (Å²) in [4.78, 5) is 21.8. The third-order valence-corrected chi connectivity index (χ3v) is 5.77. The van der Waals surface area contributed by atoms with Crippen molar-refractivity contribution in [3.63, 3.8) is 0 Å². The molecule has 2 aliphatic carbocycles. The van der Waals surface area contributed by atoms with E-state index in [1.807, 2.05) is 49.5 Å². The number of anilines is 2. The van der Waals surface area contributed by atoms with Crippen LogP contribution in [0.2, 0.25) is 0 Å². The van der Waals surface area contributed by atoms with Gasteiger partial charge in [0.15, 0.2) is 5.78 Å². The zero-order valence-corrected chi connectivity index (χ0v) is 15.1. The molecule has 0 bridgehead atoms. The Labute approximate surface area is 158 Å². The summed E-state index contributed by atoms with van der Waals surface area (Å²) < 4.78 is 0. The van der Waals surface area contributed by atoms with Crippen LogP contribution in [0.1, 0.15) is 24.6 Å². The van der Waals surface area contributed by atoms with Gasteiger partial charge in [0.1, 0.15) is 6.07 Å². The van der Waals surface area contributed by atoms with Gasteiger partial charge in [-0.3, -0.25) is 4.79 Å². The molecule has 1 aromatic carbocycles. The third kappa shape index (κ3) is 2.65. The Balaban J connectivity index is 1.85. The number of benzene rings is 1. The van der Waals surface area contributed by atoms with Gasteiger partial charge in [0.05, 0.1) is 16.7 Å². The van der Waals surface area contributed by atoms with Crippen molar-refractivity contribution in [1.29, 1.82) is 5.26 Å². The van der Waals surface area contributed by atoms with Crippen molar-refractivity contribution in [2.45, 2.75) is 25.2 Å². The van der Waals surface area contributed by atoms with Crippen LogP contribution in [-0.2, 0) is 16.6 Å². The van der Waals surface area contributed by atoms with E-state index in [4.69, 9.17) is 4.98 Å². The molecule has 1 N–H and O–H groups in total. The highest BCUT2D eigenvalue weighted by molar-refractivity contribution is 6.02. The molecular weight excluding hydrogens is 336 g/mol. The van der Waals surface area contributed by atoms with Crippen molar-refractivity contribution < 1.29 is 4.79 Å². The highest BCUT2D eigenvalue weighted by Gasteiger charge is 2.50. The van der Waals surface area contributed by atoms with Gasteiger partial charge in [-0.2, -0.15) is 5.26 Å². The lowest BCUT2D eigenvalue weighted by molar-refractivity contribution is -0.121. The largest absolute Gasteiger partial charge is 0.324 e. The quantitative estimate of drug-likeness (QED) is 0.845. The van der Waals surface area contributed by atoms with Crippen LogP contribution in [0.3, 0.4) is 0 Å². The second-order valence-electron chi connectivity index (χ2n) is 7.16. The summed E-state index contributed by atoms with van der Waals surface area (Å²) in [7, 11) is 0. The number of ketones is 1. The molecule has 0 saturated heterocycles. The monoisotopic (exact) mass is 356 g/mol. The van der Waals surface area contributed by atoms with Crippen molar-refractivity contribution in [3.8, 4) is 6.07 Å². The van der Waals surface area contributed by atoms with E-state index in [-0.39, 0.29) is 23.2 Å². The van der Waals surface area contributed by atoms with Gasteiger partial charge >= 0.3 is 0 Å². The Hall–Kier alpha value is -3.26. The Kier molecular flexibility index (Phi) is 4.12. The molecule has 0 spiro atoms. The lowest BCUT2D eigenvalue weighted by Gasteiger charge is -2.45. The number of hydrogen-bond acceptors (Lipinski definition) is 5. The van der Waals surface area contributed by atoms with E-state index in [9.17, 15) is 10.1 Å². The minimum absolute atomic E-state index is 0.0478. The van der Waals surface area contributed by atoms with E-state index in [0.29, 0.717) is 5.95 Å². The van der Waals surface area contributed by atoms with Crippen molar-refractivity contribution >= 4 is 17.4 Å². The normalized spacial score (nSPS) is 26.2. The highest BCUT2D eigenvalue weighted by atomic mass is 16.1. The first-order valence-electron chi connectivity index (χ1n) is 9.08. The predicted octanol–water partition coefficient (Wildman–Crippen LogP) is 3.88. The number of nitrogens with one attached hydrogen (secondary N) is 1. The number of allylic oxidation sites excluding steroid dienone is 3. The number of aromatic nitrogens is 2. The number of fused-ring (bicyclic) bond motifs is 3. The second kappa shape index (κ2) is 6.48. The van der Waals surface area contributed by atoms with E-state index in [1.165, 1.54) is 0 Å². The summed E-state index contributed by atoms with van der Waals surface area (Å²) >= 11 is 0. The van der Waals surface area contributed by atoms with E-state index in [0.717, 1.165) is 29.8 Å². The minimum Gasteiger partial charge on any atom is -0.324 e. The second-order valence-corrected chi connectivity index (χ2v) is 7.16. The molecule has 2 aromatic rings. The molecule has 134 valence electrons. The average molecular weight is 356 g/mol. The zero-order valence-electron chi connectivity index (χ0n) is 15.1. The molecule has 0 aliphatic heterocycles. The predicted molar refractivity (Wildman–Crippen MR) is 103 cm³/mol. The van der Waals surface area contributed by atoms with Crippen LogP contribution < -0.4 is 5.32 Å². The summed E-state index contributed by atoms with van der Waals surface area (Å²) in [5, 5.41) is 12.7. The zero-order chi connectivity index (χ0) is 19.0. The molecule has 2 aliphatic rings. The van der Waals surface area contributed by atoms with Crippen LogP contribution in [0.5, 0.6) is 0 Å². The number of Topliss-reactive ketones (excluding diaryl/α,β-unsaturated/α-hetero) is 1. The van der Waals surface area contributed by atoms with Crippen molar-refractivity contribution in [2.24, 2.45) is 11.8 Å². The van der Waals surface area contributed by atoms with Gasteiger partial charge in [0.2, 0.25) is 5.95 Å². The Morgan fingerprint density at radius 3 is 2.85 bits per heavy atom. The first-order chi connectivity index (χ1) is 13.1. The molecule has 0 radical (unpaired) electrons. The molecule has 3 atom stereocenters. The van der Waals surface area contributed by atoms with Crippen LogP contribution in [-0.4, -0.2) is 15.8 Å². The molecule has 0 amide bonds. The molecule has 27 heavy (non-hydrogen) atoms. The maximum atomic E-state index is 12.5. The van der Waals surface area contributed by atoms with Crippen molar-refractivity contribution in [3.05, 3.63) is 72.1 Å². The first kappa shape index (κ1) is 17.2. The summed E-state index contributed by atoms with van der Waals surface area (Å²) in [6.45, 7) is 5.96. The fraction of sp³-hybridized carbons (Fsp3) is 0.273. The number of nitrogens with zero attached hydrogens (tertiary/aromatic N) is 3. The lowest BCUT2D eigenvalue weighted by Crippen LogP contribution is -2.46. The van der Waals surface area contributed by atoms with Crippen LogP contribution in [0.4, 0.5) is 11.6 Å². The first-order valence-corrected chi connectivity index (χ1v) is 9.08. The highest BCUT2D eigenvalue weighted by Crippen LogP contribution is 2.50. The molecule has 0 unspecified atom stereocenters. The van der Waals surface area contributed by atoms with Gasteiger partial charge in [0.25, 0.3) is 0 Å². The van der Waals surface area contributed by atoms with Gasteiger partial charge < -0.3 is 5.32 Å². The molecule has 0 saturated carbocycles. The molecule has 1 aromatic heterocycles. The lowest BCUT2D eigenvalue weighted by atomic mass is 9.57. The van der Waals surface area contributed by atoms with Crippen LogP contribution in [0, 0.1) is 23.2 Å². The summed E-state index contributed by atoms with van der Waals surface area (Å²) in [5.74, 6) is 0.223. The summed E-state index contributed by atoms with van der Waals surface area (Å²) in [5.41, 5.74) is 2.36. The SMILES string of the molecule is C=C[C@]12C=C(C#N)C(=O)[C@@H](C)[C@@H]1CCc1cnc(Nc3ccccc3)nc12. The van der Waals surface area contributed by atoms with Gasteiger partial charge in [-0.25, -0.2) is 9.97 Å². The molecular formula is C22H20N4O. The number of hydrogen-bond donors (Lipinski definition) is 1. The fourth-order valence-electron chi connectivity index (χ4n) is 4.37.